The van der Waals surface area contributed by atoms with Gasteiger partial charge < -0.3 is 20.6 Å². The summed E-state index contributed by atoms with van der Waals surface area (Å²) in [6.45, 7) is 0.474. The average Bonchev–Trinajstić information content (AvgIpc) is 2.23. The van der Waals surface area contributed by atoms with Crippen LogP contribution in [-0.2, 0) is 6.54 Å². The van der Waals surface area contributed by atoms with Gasteiger partial charge in [0.1, 0.15) is 5.75 Å². The van der Waals surface area contributed by atoms with Crippen LogP contribution in [0, 0.1) is 0 Å². The van der Waals surface area contributed by atoms with E-state index in [1.165, 1.54) is 0 Å². The van der Waals surface area contributed by atoms with Gasteiger partial charge in [-0.25, -0.2) is 0 Å². The summed E-state index contributed by atoms with van der Waals surface area (Å²) < 4.78 is 0.889. The topological polar surface area (TPSA) is 72.7 Å². The summed E-state index contributed by atoms with van der Waals surface area (Å²) in [5, 5.41) is 30.1. The summed E-state index contributed by atoms with van der Waals surface area (Å²) in [5.41, 5.74) is 0.745. The Kier molecular flexibility index (Phi) is 5.04. The van der Waals surface area contributed by atoms with Crippen molar-refractivity contribution in [1.29, 1.82) is 0 Å². The minimum atomic E-state index is -0.765. The van der Waals surface area contributed by atoms with Crippen molar-refractivity contribution in [2.24, 2.45) is 0 Å². The summed E-state index contributed by atoms with van der Waals surface area (Å²) in [6.07, 6.45) is -0.765. The number of aliphatic hydroxyl groups is 2. The molecule has 1 atom stereocenters. The fourth-order valence-corrected chi connectivity index (χ4v) is 1.54. The molecule has 0 bridgehead atoms. The molecule has 0 aliphatic rings. The van der Waals surface area contributed by atoms with E-state index in [1.807, 2.05) is 0 Å². The van der Waals surface area contributed by atoms with Crippen molar-refractivity contribution < 1.29 is 15.3 Å². The van der Waals surface area contributed by atoms with E-state index in [2.05, 4.69) is 21.2 Å². The second-order valence-electron chi connectivity index (χ2n) is 3.24. The van der Waals surface area contributed by atoms with Crippen LogP contribution in [0.3, 0.4) is 0 Å². The molecule has 0 saturated heterocycles. The summed E-state index contributed by atoms with van der Waals surface area (Å²) >= 11 is 3.30. The minimum absolute atomic E-state index is 0.212. The Labute approximate surface area is 96.7 Å². The largest absolute Gasteiger partial charge is 0.508 e. The molecule has 15 heavy (non-hydrogen) atoms. The minimum Gasteiger partial charge on any atom is -0.508 e. The maximum atomic E-state index is 9.48. The Bertz CT molecular complexity index is 320. The number of aromatic hydroxyl groups is 1. The molecule has 84 valence electrons. The summed E-state index contributed by atoms with van der Waals surface area (Å²) in [5.74, 6) is 0.212. The van der Waals surface area contributed by atoms with E-state index in [0.29, 0.717) is 13.1 Å². The Morgan fingerprint density at radius 1 is 1.40 bits per heavy atom. The smallest absolute Gasteiger partial charge is 0.120 e. The Hall–Kier alpha value is -0.620. The second kappa shape index (κ2) is 6.07. The number of rotatable bonds is 5. The summed E-state index contributed by atoms with van der Waals surface area (Å²) in [7, 11) is 0. The lowest BCUT2D eigenvalue weighted by molar-refractivity contribution is 0.0942. The maximum absolute atomic E-state index is 9.48. The van der Waals surface area contributed by atoms with Crippen molar-refractivity contribution >= 4 is 15.9 Å². The molecule has 1 rings (SSSR count). The van der Waals surface area contributed by atoms with Crippen molar-refractivity contribution in [3.8, 4) is 5.75 Å². The third-order valence-corrected chi connectivity index (χ3v) is 2.44. The highest BCUT2D eigenvalue weighted by molar-refractivity contribution is 9.10. The Morgan fingerprint density at radius 3 is 2.80 bits per heavy atom. The molecule has 4 nitrogen and oxygen atoms in total. The van der Waals surface area contributed by atoms with Gasteiger partial charge in [-0.05, 0) is 18.2 Å². The van der Waals surface area contributed by atoms with Crippen LogP contribution in [-0.4, -0.2) is 34.6 Å². The van der Waals surface area contributed by atoms with Gasteiger partial charge in [0.15, 0.2) is 0 Å². The third kappa shape index (κ3) is 4.17. The molecule has 0 radical (unpaired) electrons. The van der Waals surface area contributed by atoms with Crippen LogP contribution in [0.2, 0.25) is 0 Å². The quantitative estimate of drug-likeness (QED) is 0.635. The first-order valence-corrected chi connectivity index (χ1v) is 5.40. The van der Waals surface area contributed by atoms with E-state index in [-0.39, 0.29) is 12.4 Å². The highest BCUT2D eigenvalue weighted by atomic mass is 79.9. The number of hydrogen-bond donors (Lipinski definition) is 4. The molecule has 0 amide bonds. The lowest BCUT2D eigenvalue weighted by atomic mass is 10.2. The number of phenolic OH excluding ortho intramolecular Hbond substituents is 1. The molecule has 0 spiro atoms. The molecule has 5 heteroatoms. The number of halogens is 1. The fourth-order valence-electron chi connectivity index (χ4n) is 1.13. The SMILES string of the molecule is OCC(O)CNCc1cc(Br)ccc1O. The number of aliphatic hydroxyl groups excluding tert-OH is 2. The van der Waals surface area contributed by atoms with Gasteiger partial charge in [-0.15, -0.1) is 0 Å². The van der Waals surface area contributed by atoms with Gasteiger partial charge in [-0.1, -0.05) is 15.9 Å². The van der Waals surface area contributed by atoms with Gasteiger partial charge in [0.25, 0.3) is 0 Å². The highest BCUT2D eigenvalue weighted by Crippen LogP contribution is 2.21. The molecule has 0 aromatic heterocycles. The molecule has 0 aliphatic carbocycles. The third-order valence-electron chi connectivity index (χ3n) is 1.95. The molecule has 0 saturated carbocycles. The molecule has 1 aromatic rings. The number of benzene rings is 1. The number of phenols is 1. The zero-order valence-corrected chi connectivity index (χ0v) is 9.74. The Morgan fingerprint density at radius 2 is 2.13 bits per heavy atom. The van der Waals surface area contributed by atoms with Crippen LogP contribution >= 0.6 is 15.9 Å². The van der Waals surface area contributed by atoms with Gasteiger partial charge in [0.05, 0.1) is 12.7 Å². The van der Waals surface area contributed by atoms with Crippen LogP contribution in [0.1, 0.15) is 5.56 Å². The van der Waals surface area contributed by atoms with Crippen molar-refractivity contribution in [3.05, 3.63) is 28.2 Å². The number of nitrogens with one attached hydrogen (secondary N) is 1. The Balaban J connectivity index is 2.46. The zero-order chi connectivity index (χ0) is 11.3. The van der Waals surface area contributed by atoms with E-state index in [9.17, 15) is 5.11 Å². The maximum Gasteiger partial charge on any atom is 0.120 e. The second-order valence-corrected chi connectivity index (χ2v) is 4.16. The van der Waals surface area contributed by atoms with E-state index >= 15 is 0 Å². The predicted molar refractivity (Wildman–Crippen MR) is 60.6 cm³/mol. The van der Waals surface area contributed by atoms with Gasteiger partial charge in [0, 0.05) is 23.1 Å². The monoisotopic (exact) mass is 275 g/mol. The van der Waals surface area contributed by atoms with Gasteiger partial charge in [-0.2, -0.15) is 0 Å². The molecule has 0 heterocycles. The van der Waals surface area contributed by atoms with E-state index < -0.39 is 6.10 Å². The van der Waals surface area contributed by atoms with E-state index in [1.54, 1.807) is 18.2 Å². The molecule has 4 N–H and O–H groups in total. The lowest BCUT2D eigenvalue weighted by Gasteiger charge is -2.10. The summed E-state index contributed by atoms with van der Waals surface area (Å²) in [4.78, 5) is 0. The first-order valence-electron chi connectivity index (χ1n) is 4.60. The first-order chi connectivity index (χ1) is 7.13. The van der Waals surface area contributed by atoms with Gasteiger partial charge in [0.2, 0.25) is 0 Å². The summed E-state index contributed by atoms with van der Waals surface area (Å²) in [6, 6.07) is 5.15. The van der Waals surface area contributed by atoms with Crippen LogP contribution in [0.4, 0.5) is 0 Å². The van der Waals surface area contributed by atoms with Crippen molar-refractivity contribution in [3.63, 3.8) is 0 Å². The normalized spacial score (nSPS) is 12.7. The molecule has 0 aliphatic heterocycles. The van der Waals surface area contributed by atoms with Crippen molar-refractivity contribution in [2.45, 2.75) is 12.6 Å². The van der Waals surface area contributed by atoms with Crippen LogP contribution < -0.4 is 5.32 Å². The molecular weight excluding hydrogens is 262 g/mol. The van der Waals surface area contributed by atoms with Crippen LogP contribution in [0.15, 0.2) is 22.7 Å². The highest BCUT2D eigenvalue weighted by Gasteiger charge is 2.04. The lowest BCUT2D eigenvalue weighted by Crippen LogP contribution is -2.28. The molecular formula is C10H14BrNO3. The molecule has 0 fully saturated rings. The van der Waals surface area contributed by atoms with Crippen molar-refractivity contribution in [2.75, 3.05) is 13.2 Å². The standard InChI is InChI=1S/C10H14BrNO3/c11-8-1-2-10(15)7(3-8)4-12-5-9(14)6-13/h1-3,9,12-15H,4-6H2. The first kappa shape index (κ1) is 12.4. The predicted octanol–water partition coefficient (Wildman–Crippen LogP) is 0.597. The van der Waals surface area contributed by atoms with Gasteiger partial charge >= 0.3 is 0 Å². The van der Waals surface area contributed by atoms with E-state index in [0.717, 1.165) is 10.0 Å². The average molecular weight is 276 g/mol. The van der Waals surface area contributed by atoms with Gasteiger partial charge in [-0.3, -0.25) is 0 Å². The zero-order valence-electron chi connectivity index (χ0n) is 8.15. The van der Waals surface area contributed by atoms with Crippen LogP contribution in [0.25, 0.3) is 0 Å². The molecule has 1 aromatic carbocycles. The number of hydrogen-bond acceptors (Lipinski definition) is 4. The van der Waals surface area contributed by atoms with Crippen LogP contribution in [0.5, 0.6) is 5.75 Å². The van der Waals surface area contributed by atoms with Crippen molar-refractivity contribution in [1.82, 2.24) is 5.32 Å². The fraction of sp³-hybridized carbons (Fsp3) is 0.400. The molecule has 1 unspecified atom stereocenters. The van der Waals surface area contributed by atoms with E-state index in [4.69, 9.17) is 10.2 Å².